The van der Waals surface area contributed by atoms with Crippen LogP contribution in [-0.2, 0) is 13.6 Å². The monoisotopic (exact) mass is 475 g/mol. The fourth-order valence-corrected chi connectivity index (χ4v) is 4.19. The summed E-state index contributed by atoms with van der Waals surface area (Å²) in [7, 11) is 1.84. The van der Waals surface area contributed by atoms with E-state index in [4.69, 9.17) is 23.2 Å². The number of carbonyl (C=O) groups is 2. The maximum absolute atomic E-state index is 12.7. The van der Waals surface area contributed by atoms with Crippen LogP contribution in [0.2, 0.25) is 10.0 Å². The molecule has 0 bridgehead atoms. The summed E-state index contributed by atoms with van der Waals surface area (Å²) in [5.74, 6) is -1.30. The first-order valence-corrected chi connectivity index (χ1v) is 10.6. The molecule has 3 N–H and O–H groups in total. The molecule has 0 radical (unpaired) electrons. The number of aromatic hydroxyl groups is 1. The first kappa shape index (κ1) is 21.1. The van der Waals surface area contributed by atoms with Gasteiger partial charge in [-0.2, -0.15) is 5.10 Å². The molecule has 31 heavy (non-hydrogen) atoms. The highest BCUT2D eigenvalue weighted by Crippen LogP contribution is 2.33. The molecule has 2 aromatic carbocycles. The Balaban J connectivity index is 1.49. The first-order chi connectivity index (χ1) is 14.8. The van der Waals surface area contributed by atoms with Crippen LogP contribution in [-0.4, -0.2) is 31.7 Å². The summed E-state index contributed by atoms with van der Waals surface area (Å²) in [6, 6.07) is 10.3. The van der Waals surface area contributed by atoms with Gasteiger partial charge in [0.1, 0.15) is 5.00 Å². The number of nitrogens with one attached hydrogen (secondary N) is 2. The van der Waals surface area contributed by atoms with E-state index in [0.717, 1.165) is 27.9 Å². The van der Waals surface area contributed by atoms with Crippen molar-refractivity contribution in [3.63, 3.8) is 0 Å². The van der Waals surface area contributed by atoms with Crippen molar-refractivity contribution < 1.29 is 14.7 Å². The molecule has 4 aromatic rings. The minimum Gasteiger partial charge on any atom is -0.505 e. The van der Waals surface area contributed by atoms with E-state index < -0.39 is 11.8 Å². The molecule has 0 aliphatic rings. The predicted octanol–water partition coefficient (Wildman–Crippen LogP) is 4.22. The van der Waals surface area contributed by atoms with E-state index in [2.05, 4.69) is 20.7 Å². The van der Waals surface area contributed by atoms with Crippen molar-refractivity contribution in [3.8, 4) is 5.75 Å². The number of aryl methyl sites for hydroxylation is 1. The van der Waals surface area contributed by atoms with Gasteiger partial charge in [-0.1, -0.05) is 41.4 Å². The zero-order valence-electron chi connectivity index (χ0n) is 16.0. The van der Waals surface area contributed by atoms with Gasteiger partial charge in [-0.05, 0) is 18.2 Å². The fourth-order valence-electron chi connectivity index (χ4n) is 3.04. The fraction of sp³-hybridized carbons (Fsp3) is 0.100. The number of phenols is 1. The minimum atomic E-state index is -0.544. The molecular formula is C20H15Cl2N5O3S. The summed E-state index contributed by atoms with van der Waals surface area (Å²) in [5, 5.41) is 20.6. The summed E-state index contributed by atoms with van der Waals surface area (Å²) in [6.07, 6.45) is 0. The van der Waals surface area contributed by atoms with Gasteiger partial charge < -0.3 is 15.7 Å². The predicted molar refractivity (Wildman–Crippen MR) is 120 cm³/mol. The normalized spacial score (nSPS) is 10.9. The number of aromatic nitrogens is 3. The van der Waals surface area contributed by atoms with E-state index in [9.17, 15) is 14.7 Å². The number of thiazole rings is 1. The molecule has 0 saturated heterocycles. The van der Waals surface area contributed by atoms with Gasteiger partial charge in [-0.3, -0.25) is 14.3 Å². The van der Waals surface area contributed by atoms with Crippen LogP contribution < -0.4 is 10.6 Å². The van der Waals surface area contributed by atoms with Crippen molar-refractivity contribution >= 4 is 62.3 Å². The molecule has 158 valence electrons. The van der Waals surface area contributed by atoms with E-state index in [0.29, 0.717) is 0 Å². The van der Waals surface area contributed by atoms with Crippen molar-refractivity contribution in [2.24, 2.45) is 7.05 Å². The van der Waals surface area contributed by atoms with Gasteiger partial charge in [-0.25, -0.2) is 4.98 Å². The highest BCUT2D eigenvalue weighted by molar-refractivity contribution is 7.14. The number of benzene rings is 2. The van der Waals surface area contributed by atoms with E-state index in [1.165, 1.54) is 17.6 Å². The Morgan fingerprint density at radius 2 is 1.87 bits per heavy atom. The Bertz CT molecular complexity index is 1290. The standard InChI is InChI=1S/C20H15Cl2N5O3S/c1-27-15-5-3-2-4-11(15)14(26-27)8-23-19(30)16-20(31-9-24-16)25-18(29)10-6-12(21)17(28)13(22)7-10/h2-7,9,28H,8H2,1H3,(H,23,30)(H,25,29). The number of phenolic OH excluding ortho intramolecular Hbond substituents is 1. The van der Waals surface area contributed by atoms with E-state index >= 15 is 0 Å². The average Bonchev–Trinajstić information content (AvgIpc) is 3.34. The summed E-state index contributed by atoms with van der Waals surface area (Å²) < 4.78 is 1.75. The summed E-state index contributed by atoms with van der Waals surface area (Å²) in [6.45, 7) is 0.203. The molecule has 11 heteroatoms. The number of hydrogen-bond donors (Lipinski definition) is 3. The highest BCUT2D eigenvalue weighted by Gasteiger charge is 2.20. The third-order valence-corrected chi connectivity index (χ3v) is 5.86. The number of fused-ring (bicyclic) bond motifs is 1. The lowest BCUT2D eigenvalue weighted by Crippen LogP contribution is -2.25. The zero-order valence-corrected chi connectivity index (χ0v) is 18.3. The Morgan fingerprint density at radius 1 is 1.16 bits per heavy atom. The molecule has 0 unspecified atom stereocenters. The van der Waals surface area contributed by atoms with Crippen LogP contribution in [0.4, 0.5) is 5.00 Å². The van der Waals surface area contributed by atoms with Gasteiger partial charge in [-0.15, -0.1) is 11.3 Å². The third-order valence-electron chi connectivity index (χ3n) is 4.54. The number of hydrogen-bond acceptors (Lipinski definition) is 6. The number of carbonyl (C=O) groups excluding carboxylic acids is 2. The summed E-state index contributed by atoms with van der Waals surface area (Å²) in [5.41, 5.74) is 3.35. The summed E-state index contributed by atoms with van der Waals surface area (Å²) in [4.78, 5) is 29.3. The number of amides is 2. The van der Waals surface area contributed by atoms with E-state index in [1.54, 1.807) is 4.68 Å². The van der Waals surface area contributed by atoms with Crippen molar-refractivity contribution in [2.45, 2.75) is 6.54 Å². The van der Waals surface area contributed by atoms with Crippen LogP contribution in [0.3, 0.4) is 0 Å². The lowest BCUT2D eigenvalue weighted by Gasteiger charge is -2.08. The maximum atomic E-state index is 12.7. The number of anilines is 1. The topological polar surface area (TPSA) is 109 Å². The van der Waals surface area contributed by atoms with E-state index in [-0.39, 0.29) is 38.6 Å². The molecule has 4 rings (SSSR count). The van der Waals surface area contributed by atoms with Gasteiger partial charge in [0, 0.05) is 18.0 Å². The molecule has 0 saturated carbocycles. The Labute approximate surface area is 190 Å². The lowest BCUT2D eigenvalue weighted by molar-refractivity contribution is 0.0947. The number of nitrogens with zero attached hydrogens (tertiary/aromatic N) is 3. The number of halogens is 2. The molecule has 8 nitrogen and oxygen atoms in total. The quantitative estimate of drug-likeness (QED) is 0.400. The van der Waals surface area contributed by atoms with Crippen LogP contribution in [0.1, 0.15) is 26.5 Å². The summed E-state index contributed by atoms with van der Waals surface area (Å²) >= 11 is 12.8. The van der Waals surface area contributed by atoms with E-state index in [1.807, 2.05) is 31.3 Å². The van der Waals surface area contributed by atoms with Crippen LogP contribution in [0, 0.1) is 0 Å². The number of para-hydroxylation sites is 1. The zero-order chi connectivity index (χ0) is 22.1. The largest absolute Gasteiger partial charge is 0.505 e. The van der Waals surface area contributed by atoms with Gasteiger partial charge in [0.25, 0.3) is 11.8 Å². The average molecular weight is 476 g/mol. The van der Waals surface area contributed by atoms with Gasteiger partial charge >= 0.3 is 0 Å². The molecule has 0 aliphatic heterocycles. The van der Waals surface area contributed by atoms with Crippen LogP contribution in [0.25, 0.3) is 10.9 Å². The van der Waals surface area contributed by atoms with Crippen molar-refractivity contribution in [1.29, 1.82) is 0 Å². The SMILES string of the molecule is Cn1nc(CNC(=O)c2ncsc2NC(=O)c2cc(Cl)c(O)c(Cl)c2)c2ccccc21. The van der Waals surface area contributed by atoms with Gasteiger partial charge in [0.15, 0.2) is 11.4 Å². The van der Waals surface area contributed by atoms with Gasteiger partial charge in [0.05, 0.1) is 33.3 Å². The molecule has 2 aromatic heterocycles. The Morgan fingerprint density at radius 3 is 2.61 bits per heavy atom. The third kappa shape index (κ3) is 4.20. The molecule has 0 fully saturated rings. The molecular weight excluding hydrogens is 461 g/mol. The second-order valence-corrected chi connectivity index (χ2v) is 8.21. The smallest absolute Gasteiger partial charge is 0.273 e. The Kier molecular flexibility index (Phi) is 5.81. The lowest BCUT2D eigenvalue weighted by atomic mass is 10.2. The molecule has 0 spiro atoms. The Hall–Kier alpha value is -3.14. The highest BCUT2D eigenvalue weighted by atomic mass is 35.5. The first-order valence-electron chi connectivity index (χ1n) is 8.97. The molecule has 0 atom stereocenters. The van der Waals surface area contributed by atoms with Crippen LogP contribution >= 0.6 is 34.5 Å². The van der Waals surface area contributed by atoms with Crippen molar-refractivity contribution in [1.82, 2.24) is 20.1 Å². The van der Waals surface area contributed by atoms with Gasteiger partial charge in [0.2, 0.25) is 0 Å². The van der Waals surface area contributed by atoms with Crippen LogP contribution in [0.15, 0.2) is 41.9 Å². The molecule has 2 amide bonds. The van der Waals surface area contributed by atoms with Crippen molar-refractivity contribution in [2.75, 3.05) is 5.32 Å². The molecule has 2 heterocycles. The van der Waals surface area contributed by atoms with Crippen LogP contribution in [0.5, 0.6) is 5.75 Å². The second-order valence-electron chi connectivity index (χ2n) is 6.54. The maximum Gasteiger partial charge on any atom is 0.273 e. The van der Waals surface area contributed by atoms with Crippen molar-refractivity contribution in [3.05, 3.63) is 68.9 Å². The second kappa shape index (κ2) is 8.54. The minimum absolute atomic E-state index is 0.0532. The molecule has 0 aliphatic carbocycles. The number of rotatable bonds is 5.